The molecule has 0 saturated heterocycles. The van der Waals surface area contributed by atoms with Gasteiger partial charge in [-0.3, -0.25) is 4.79 Å². The lowest BCUT2D eigenvalue weighted by atomic mass is 10.1. The first-order valence-corrected chi connectivity index (χ1v) is 7.15. The van der Waals surface area contributed by atoms with E-state index in [-0.39, 0.29) is 43.1 Å². The van der Waals surface area contributed by atoms with Crippen molar-refractivity contribution in [1.82, 2.24) is 5.32 Å². The number of hydrogen-bond donors (Lipinski definition) is 2. The number of hydrogen-bond acceptors (Lipinski definition) is 4. The van der Waals surface area contributed by atoms with Crippen LogP contribution in [0.4, 0.5) is 8.78 Å². The first kappa shape index (κ1) is 21.4. The number of halogens is 3. The molecule has 5 nitrogen and oxygen atoms in total. The molecule has 0 radical (unpaired) electrons. The molecule has 0 fully saturated rings. The SMILES string of the molecule is CCCOc1ccc(CNC(=O)CC(C)N)c(OC(F)F)c1.Cl. The van der Waals surface area contributed by atoms with E-state index in [0.29, 0.717) is 17.9 Å². The highest BCUT2D eigenvalue weighted by Gasteiger charge is 2.13. The summed E-state index contributed by atoms with van der Waals surface area (Å²) in [6, 6.07) is 4.38. The minimum atomic E-state index is -2.94. The predicted molar refractivity (Wildman–Crippen MR) is 86.2 cm³/mol. The van der Waals surface area contributed by atoms with Crippen LogP contribution in [0.2, 0.25) is 0 Å². The molecule has 3 N–H and O–H groups in total. The topological polar surface area (TPSA) is 73.6 Å². The summed E-state index contributed by atoms with van der Waals surface area (Å²) in [7, 11) is 0. The summed E-state index contributed by atoms with van der Waals surface area (Å²) in [6.45, 7) is 1.28. The summed E-state index contributed by atoms with van der Waals surface area (Å²) in [4.78, 5) is 11.6. The number of rotatable bonds is 9. The monoisotopic (exact) mass is 352 g/mol. The fraction of sp³-hybridized carbons (Fsp3) is 0.533. The van der Waals surface area contributed by atoms with Crippen LogP contribution in [0, 0.1) is 0 Å². The second-order valence-electron chi connectivity index (χ2n) is 4.95. The molecule has 0 aliphatic heterocycles. The molecule has 1 aromatic rings. The molecule has 0 bridgehead atoms. The van der Waals surface area contributed by atoms with Crippen LogP contribution in [0.5, 0.6) is 11.5 Å². The van der Waals surface area contributed by atoms with E-state index in [1.807, 2.05) is 6.92 Å². The van der Waals surface area contributed by atoms with Gasteiger partial charge in [0.15, 0.2) is 0 Å². The Bertz CT molecular complexity index is 488. The summed E-state index contributed by atoms with van der Waals surface area (Å²) in [5.41, 5.74) is 5.97. The fourth-order valence-corrected chi connectivity index (χ4v) is 1.75. The molecule has 1 unspecified atom stereocenters. The van der Waals surface area contributed by atoms with Crippen molar-refractivity contribution in [3.05, 3.63) is 23.8 Å². The largest absolute Gasteiger partial charge is 0.493 e. The molecule has 1 atom stereocenters. The van der Waals surface area contributed by atoms with Crippen molar-refractivity contribution in [3.8, 4) is 11.5 Å². The van der Waals surface area contributed by atoms with Gasteiger partial charge in [-0.15, -0.1) is 12.4 Å². The fourth-order valence-electron chi connectivity index (χ4n) is 1.75. The Labute approximate surface area is 140 Å². The van der Waals surface area contributed by atoms with Crippen LogP contribution in [-0.2, 0) is 11.3 Å². The molecule has 0 aliphatic carbocycles. The summed E-state index contributed by atoms with van der Waals surface area (Å²) in [5.74, 6) is 0.192. The Morgan fingerprint density at radius 1 is 1.39 bits per heavy atom. The summed E-state index contributed by atoms with van der Waals surface area (Å²) < 4.78 is 34.8. The van der Waals surface area contributed by atoms with Crippen LogP contribution < -0.4 is 20.5 Å². The Balaban J connectivity index is 0.00000484. The lowest BCUT2D eigenvalue weighted by Crippen LogP contribution is -2.29. The van der Waals surface area contributed by atoms with Crippen molar-refractivity contribution in [2.45, 2.75) is 45.9 Å². The molecular weight excluding hydrogens is 330 g/mol. The summed E-state index contributed by atoms with van der Waals surface area (Å²) in [6.07, 6.45) is 0.975. The van der Waals surface area contributed by atoms with Gasteiger partial charge in [0.2, 0.25) is 5.91 Å². The number of carbonyl (C=O) groups is 1. The van der Waals surface area contributed by atoms with E-state index >= 15 is 0 Å². The van der Waals surface area contributed by atoms with Crippen molar-refractivity contribution < 1.29 is 23.0 Å². The lowest BCUT2D eigenvalue weighted by Gasteiger charge is -2.14. The highest BCUT2D eigenvalue weighted by molar-refractivity contribution is 5.85. The molecule has 23 heavy (non-hydrogen) atoms. The molecule has 1 aromatic carbocycles. The van der Waals surface area contributed by atoms with Crippen LogP contribution in [0.25, 0.3) is 0 Å². The van der Waals surface area contributed by atoms with E-state index in [1.54, 1.807) is 19.1 Å². The third-order valence-electron chi connectivity index (χ3n) is 2.71. The first-order chi connectivity index (χ1) is 10.4. The van der Waals surface area contributed by atoms with E-state index in [9.17, 15) is 13.6 Å². The van der Waals surface area contributed by atoms with Crippen molar-refractivity contribution in [1.29, 1.82) is 0 Å². The average molecular weight is 353 g/mol. The van der Waals surface area contributed by atoms with E-state index < -0.39 is 6.61 Å². The van der Waals surface area contributed by atoms with Crippen LogP contribution in [0.3, 0.4) is 0 Å². The second-order valence-corrected chi connectivity index (χ2v) is 4.95. The Kier molecular flexibility index (Phi) is 10.2. The van der Waals surface area contributed by atoms with Crippen LogP contribution in [0.15, 0.2) is 18.2 Å². The summed E-state index contributed by atoms with van der Waals surface area (Å²) in [5, 5.41) is 2.62. The number of alkyl halides is 2. The number of ether oxygens (including phenoxy) is 2. The van der Waals surface area contributed by atoms with E-state index in [0.717, 1.165) is 6.42 Å². The molecule has 132 valence electrons. The molecule has 1 rings (SSSR count). The molecule has 1 amide bonds. The molecule has 0 heterocycles. The van der Waals surface area contributed by atoms with Gasteiger partial charge in [0.1, 0.15) is 11.5 Å². The second kappa shape index (κ2) is 11.0. The zero-order valence-electron chi connectivity index (χ0n) is 13.2. The summed E-state index contributed by atoms with van der Waals surface area (Å²) >= 11 is 0. The molecular formula is C15H23ClF2N2O3. The molecule has 0 aromatic heterocycles. The zero-order chi connectivity index (χ0) is 16.5. The number of nitrogens with one attached hydrogen (secondary N) is 1. The maximum atomic E-state index is 12.5. The van der Waals surface area contributed by atoms with Gasteiger partial charge in [-0.1, -0.05) is 6.92 Å². The Hall–Kier alpha value is -1.60. The predicted octanol–water partition coefficient (Wildman–Crippen LogP) is 2.85. The zero-order valence-corrected chi connectivity index (χ0v) is 14.0. The van der Waals surface area contributed by atoms with Gasteiger partial charge < -0.3 is 20.5 Å². The van der Waals surface area contributed by atoms with Crippen molar-refractivity contribution in [3.63, 3.8) is 0 Å². The number of carbonyl (C=O) groups excluding carboxylic acids is 1. The lowest BCUT2D eigenvalue weighted by molar-refractivity contribution is -0.121. The quantitative estimate of drug-likeness (QED) is 0.716. The van der Waals surface area contributed by atoms with E-state index in [4.69, 9.17) is 10.5 Å². The molecule has 8 heteroatoms. The minimum absolute atomic E-state index is 0. The van der Waals surface area contributed by atoms with Crippen molar-refractivity contribution in [2.24, 2.45) is 5.73 Å². The third kappa shape index (κ3) is 8.56. The van der Waals surface area contributed by atoms with Crippen LogP contribution in [-0.4, -0.2) is 25.2 Å². The van der Waals surface area contributed by atoms with Crippen molar-refractivity contribution in [2.75, 3.05) is 6.61 Å². The Morgan fingerprint density at radius 2 is 2.09 bits per heavy atom. The number of amides is 1. The molecule has 0 aliphatic rings. The maximum Gasteiger partial charge on any atom is 0.387 e. The minimum Gasteiger partial charge on any atom is -0.493 e. The van der Waals surface area contributed by atoms with Crippen LogP contribution in [0.1, 0.15) is 32.3 Å². The van der Waals surface area contributed by atoms with Gasteiger partial charge in [0, 0.05) is 30.6 Å². The molecule has 0 saturated carbocycles. The Morgan fingerprint density at radius 3 is 2.65 bits per heavy atom. The van der Waals surface area contributed by atoms with Crippen LogP contribution >= 0.6 is 12.4 Å². The standard InChI is InChI=1S/C15H22F2N2O3.ClH/c1-3-6-21-12-5-4-11(13(8-12)22-15(16)17)9-19-14(20)7-10(2)18;/h4-5,8,10,15H,3,6-7,9,18H2,1-2H3,(H,19,20);1H. The maximum absolute atomic E-state index is 12.5. The highest BCUT2D eigenvalue weighted by atomic mass is 35.5. The number of benzene rings is 1. The van der Waals surface area contributed by atoms with E-state index in [2.05, 4.69) is 10.1 Å². The normalized spacial score (nSPS) is 11.6. The smallest absolute Gasteiger partial charge is 0.387 e. The van der Waals surface area contributed by atoms with Gasteiger partial charge in [0.25, 0.3) is 0 Å². The highest BCUT2D eigenvalue weighted by Crippen LogP contribution is 2.26. The van der Waals surface area contributed by atoms with Gasteiger partial charge in [-0.2, -0.15) is 8.78 Å². The van der Waals surface area contributed by atoms with Gasteiger partial charge >= 0.3 is 6.61 Å². The average Bonchev–Trinajstić information content (AvgIpc) is 2.42. The van der Waals surface area contributed by atoms with E-state index in [1.165, 1.54) is 6.07 Å². The van der Waals surface area contributed by atoms with Crippen molar-refractivity contribution >= 4 is 18.3 Å². The molecule has 0 spiro atoms. The third-order valence-corrected chi connectivity index (χ3v) is 2.71. The first-order valence-electron chi connectivity index (χ1n) is 7.15. The van der Waals surface area contributed by atoms with Gasteiger partial charge in [0.05, 0.1) is 6.61 Å². The van der Waals surface area contributed by atoms with Gasteiger partial charge in [-0.25, -0.2) is 0 Å². The number of nitrogens with two attached hydrogens (primary N) is 1. The van der Waals surface area contributed by atoms with Gasteiger partial charge in [-0.05, 0) is 25.5 Å².